The van der Waals surface area contributed by atoms with Crippen molar-refractivity contribution in [3.05, 3.63) is 19.1 Å². The molecule has 0 aromatic heterocycles. The maximum absolute atomic E-state index is 4.16. The van der Waals surface area contributed by atoms with Gasteiger partial charge in [-0.3, -0.25) is 0 Å². The Bertz CT molecular complexity index is 135. The predicted octanol–water partition coefficient (Wildman–Crippen LogP) is 5.15. The van der Waals surface area contributed by atoms with Gasteiger partial charge in [-0.1, -0.05) is 65.0 Å². The molecule has 0 fully saturated rings. The molecule has 0 saturated carbocycles. The SMILES string of the molecule is [CH2]CCCCCC(=C)CC(C)CCC. The average molecular weight is 195 g/mol. The molecule has 0 saturated heterocycles. The second-order valence-corrected chi connectivity index (χ2v) is 4.51. The Morgan fingerprint density at radius 2 is 1.93 bits per heavy atom. The van der Waals surface area contributed by atoms with Gasteiger partial charge < -0.3 is 0 Å². The molecule has 0 N–H and O–H groups in total. The van der Waals surface area contributed by atoms with Gasteiger partial charge in [-0.15, -0.1) is 0 Å². The maximum atomic E-state index is 4.16. The highest BCUT2D eigenvalue weighted by Gasteiger charge is 2.03. The van der Waals surface area contributed by atoms with Gasteiger partial charge in [0.15, 0.2) is 0 Å². The van der Waals surface area contributed by atoms with Gasteiger partial charge >= 0.3 is 0 Å². The zero-order valence-electron chi connectivity index (χ0n) is 10.1. The Morgan fingerprint density at radius 3 is 2.50 bits per heavy atom. The molecule has 0 amide bonds. The number of allylic oxidation sites excluding steroid dienone is 1. The molecule has 14 heavy (non-hydrogen) atoms. The number of unbranched alkanes of at least 4 members (excludes halogenated alkanes) is 3. The lowest BCUT2D eigenvalue weighted by atomic mass is 9.95. The molecule has 1 atom stereocenters. The molecular formula is C14H27. The van der Waals surface area contributed by atoms with Crippen LogP contribution in [0.3, 0.4) is 0 Å². The van der Waals surface area contributed by atoms with E-state index in [0.717, 1.165) is 12.3 Å². The summed E-state index contributed by atoms with van der Waals surface area (Å²) in [5, 5.41) is 0. The maximum Gasteiger partial charge on any atom is -0.0297 e. The monoisotopic (exact) mass is 195 g/mol. The van der Waals surface area contributed by atoms with E-state index in [9.17, 15) is 0 Å². The standard InChI is InChI=1S/C14H27/c1-5-7-8-9-11-14(4)12-13(3)10-6-2/h13H,1,4-12H2,2-3H3. The van der Waals surface area contributed by atoms with Crippen LogP contribution >= 0.6 is 0 Å². The summed E-state index contributed by atoms with van der Waals surface area (Å²) in [6, 6.07) is 0. The summed E-state index contributed by atoms with van der Waals surface area (Å²) < 4.78 is 0. The fraction of sp³-hybridized carbons (Fsp3) is 0.786. The van der Waals surface area contributed by atoms with E-state index in [0.29, 0.717) is 0 Å². The quantitative estimate of drug-likeness (QED) is 0.352. The van der Waals surface area contributed by atoms with Crippen LogP contribution in [0.1, 0.15) is 65.2 Å². The Kier molecular flexibility index (Phi) is 9.13. The molecule has 0 aliphatic carbocycles. The van der Waals surface area contributed by atoms with Crippen molar-refractivity contribution in [2.45, 2.75) is 65.2 Å². The molecule has 1 radical (unpaired) electrons. The van der Waals surface area contributed by atoms with Crippen LogP contribution in [-0.4, -0.2) is 0 Å². The first kappa shape index (κ1) is 13.7. The van der Waals surface area contributed by atoms with Crippen LogP contribution in [0.25, 0.3) is 0 Å². The van der Waals surface area contributed by atoms with Gasteiger partial charge in [-0.2, -0.15) is 0 Å². The molecule has 0 aliphatic rings. The lowest BCUT2D eigenvalue weighted by Crippen LogP contribution is -1.96. The van der Waals surface area contributed by atoms with Crippen LogP contribution in [-0.2, 0) is 0 Å². The van der Waals surface area contributed by atoms with E-state index < -0.39 is 0 Å². The van der Waals surface area contributed by atoms with Crippen molar-refractivity contribution in [3.8, 4) is 0 Å². The van der Waals surface area contributed by atoms with Crippen molar-refractivity contribution in [3.63, 3.8) is 0 Å². The molecule has 0 nitrogen and oxygen atoms in total. The lowest BCUT2D eigenvalue weighted by molar-refractivity contribution is 0.509. The van der Waals surface area contributed by atoms with Crippen molar-refractivity contribution >= 4 is 0 Å². The van der Waals surface area contributed by atoms with E-state index >= 15 is 0 Å². The smallest absolute Gasteiger partial charge is 0.0297 e. The predicted molar refractivity (Wildman–Crippen MR) is 66.3 cm³/mol. The Hall–Kier alpha value is -0.260. The highest BCUT2D eigenvalue weighted by atomic mass is 14.1. The van der Waals surface area contributed by atoms with E-state index in [2.05, 4.69) is 27.4 Å². The number of hydrogen-bond donors (Lipinski definition) is 0. The van der Waals surface area contributed by atoms with Crippen LogP contribution in [0.2, 0.25) is 0 Å². The highest BCUT2D eigenvalue weighted by Crippen LogP contribution is 2.19. The van der Waals surface area contributed by atoms with Gasteiger partial charge in [-0.05, 0) is 25.2 Å². The van der Waals surface area contributed by atoms with Crippen LogP contribution in [0.15, 0.2) is 12.2 Å². The Balaban J connectivity index is 3.35. The molecule has 0 aromatic carbocycles. The second kappa shape index (κ2) is 9.30. The fourth-order valence-electron chi connectivity index (χ4n) is 1.92. The van der Waals surface area contributed by atoms with Gasteiger partial charge in [0.2, 0.25) is 0 Å². The van der Waals surface area contributed by atoms with Gasteiger partial charge in [0, 0.05) is 0 Å². The molecule has 0 bridgehead atoms. The van der Waals surface area contributed by atoms with E-state index in [1.165, 1.54) is 50.5 Å². The van der Waals surface area contributed by atoms with Crippen molar-refractivity contribution in [2.75, 3.05) is 0 Å². The van der Waals surface area contributed by atoms with E-state index in [-0.39, 0.29) is 0 Å². The third kappa shape index (κ3) is 8.34. The summed E-state index contributed by atoms with van der Waals surface area (Å²) in [5.74, 6) is 0.834. The van der Waals surface area contributed by atoms with Crippen LogP contribution < -0.4 is 0 Å². The second-order valence-electron chi connectivity index (χ2n) is 4.51. The normalized spacial score (nSPS) is 12.8. The van der Waals surface area contributed by atoms with Crippen LogP contribution in [0.4, 0.5) is 0 Å². The Morgan fingerprint density at radius 1 is 1.21 bits per heavy atom. The van der Waals surface area contributed by atoms with Crippen molar-refractivity contribution in [1.82, 2.24) is 0 Å². The molecule has 1 unspecified atom stereocenters. The summed E-state index contributed by atoms with van der Waals surface area (Å²) in [7, 11) is 0. The minimum Gasteiger partial charge on any atom is -0.0999 e. The van der Waals surface area contributed by atoms with E-state index in [1.54, 1.807) is 0 Å². The largest absolute Gasteiger partial charge is 0.0999 e. The summed E-state index contributed by atoms with van der Waals surface area (Å²) in [6.07, 6.45) is 10.1. The summed E-state index contributed by atoms with van der Waals surface area (Å²) >= 11 is 0. The van der Waals surface area contributed by atoms with E-state index in [1.807, 2.05) is 0 Å². The molecule has 83 valence electrons. The lowest BCUT2D eigenvalue weighted by Gasteiger charge is -2.11. The van der Waals surface area contributed by atoms with Crippen molar-refractivity contribution < 1.29 is 0 Å². The third-order valence-corrected chi connectivity index (χ3v) is 2.70. The number of rotatable bonds is 9. The molecule has 0 heteroatoms. The molecule has 0 aliphatic heterocycles. The fourth-order valence-corrected chi connectivity index (χ4v) is 1.92. The van der Waals surface area contributed by atoms with Gasteiger partial charge in [0.05, 0.1) is 0 Å². The molecule has 0 rings (SSSR count). The zero-order valence-corrected chi connectivity index (χ0v) is 10.1. The summed E-state index contributed by atoms with van der Waals surface area (Å²) in [6.45, 7) is 12.6. The summed E-state index contributed by atoms with van der Waals surface area (Å²) in [5.41, 5.74) is 1.45. The molecule has 0 spiro atoms. The minimum absolute atomic E-state index is 0.834. The summed E-state index contributed by atoms with van der Waals surface area (Å²) in [4.78, 5) is 0. The van der Waals surface area contributed by atoms with Crippen LogP contribution in [0, 0.1) is 12.8 Å². The van der Waals surface area contributed by atoms with Crippen molar-refractivity contribution in [2.24, 2.45) is 5.92 Å². The first-order valence-electron chi connectivity index (χ1n) is 6.16. The van der Waals surface area contributed by atoms with Gasteiger partial charge in [0.25, 0.3) is 0 Å². The first-order chi connectivity index (χ1) is 6.70. The first-order valence-corrected chi connectivity index (χ1v) is 6.16. The van der Waals surface area contributed by atoms with Crippen molar-refractivity contribution in [1.29, 1.82) is 0 Å². The highest BCUT2D eigenvalue weighted by molar-refractivity contribution is 4.94. The zero-order chi connectivity index (χ0) is 10.8. The topological polar surface area (TPSA) is 0 Å². The van der Waals surface area contributed by atoms with Crippen LogP contribution in [0.5, 0.6) is 0 Å². The molecule has 0 heterocycles. The molecular weight excluding hydrogens is 168 g/mol. The van der Waals surface area contributed by atoms with E-state index in [4.69, 9.17) is 0 Å². The third-order valence-electron chi connectivity index (χ3n) is 2.70. The minimum atomic E-state index is 0.834. The number of hydrogen-bond acceptors (Lipinski definition) is 0. The molecule has 0 aromatic rings. The van der Waals surface area contributed by atoms with Gasteiger partial charge in [-0.25, -0.2) is 0 Å². The van der Waals surface area contributed by atoms with Gasteiger partial charge in [0.1, 0.15) is 0 Å². The average Bonchev–Trinajstić information content (AvgIpc) is 2.13. The Labute approximate surface area is 90.8 Å².